The molecule has 1 aromatic heterocycles. The summed E-state index contributed by atoms with van der Waals surface area (Å²) in [6, 6.07) is 4.93. The van der Waals surface area contributed by atoms with Gasteiger partial charge in [0.25, 0.3) is 5.91 Å². The maximum absolute atomic E-state index is 14.2. The first kappa shape index (κ1) is 25.0. The molecular weight excluding hydrogens is 497 g/mol. The Hall–Kier alpha value is -3.12. The number of hydrogen-bond donors (Lipinski definition) is 2. The topological polar surface area (TPSA) is 92.9 Å². The third-order valence-corrected chi connectivity index (χ3v) is 6.45. The van der Waals surface area contributed by atoms with Crippen molar-refractivity contribution < 1.29 is 31.9 Å². The SMILES string of the molecule is O=C(NC(c1cccc(F)c1Cl)C1(O)CCC(F)CC1)c1ccc(C(F)(F)F)cc1-n1cnnn1. The lowest BCUT2D eigenvalue weighted by Crippen LogP contribution is -2.48. The van der Waals surface area contributed by atoms with Crippen molar-refractivity contribution in [3.63, 3.8) is 0 Å². The van der Waals surface area contributed by atoms with E-state index in [1.807, 2.05) is 0 Å². The van der Waals surface area contributed by atoms with Crippen molar-refractivity contribution in [2.75, 3.05) is 0 Å². The Balaban J connectivity index is 1.77. The van der Waals surface area contributed by atoms with Crippen LogP contribution in [0.2, 0.25) is 5.02 Å². The summed E-state index contributed by atoms with van der Waals surface area (Å²) in [5.74, 6) is -1.69. The van der Waals surface area contributed by atoms with Gasteiger partial charge in [-0.15, -0.1) is 5.10 Å². The average molecular weight is 516 g/mol. The Labute approximate surface area is 200 Å². The minimum Gasteiger partial charge on any atom is -0.387 e. The summed E-state index contributed by atoms with van der Waals surface area (Å²) in [6.45, 7) is 0. The van der Waals surface area contributed by atoms with E-state index >= 15 is 0 Å². The molecule has 35 heavy (non-hydrogen) atoms. The summed E-state index contributed by atoms with van der Waals surface area (Å²) in [5, 5.41) is 24.0. The predicted molar refractivity (Wildman–Crippen MR) is 114 cm³/mol. The molecule has 1 atom stereocenters. The van der Waals surface area contributed by atoms with Crippen LogP contribution in [0.25, 0.3) is 5.69 Å². The number of halogens is 6. The minimum absolute atomic E-state index is 0.00591. The zero-order valence-electron chi connectivity index (χ0n) is 17.9. The molecule has 1 aliphatic carbocycles. The number of benzene rings is 2. The van der Waals surface area contributed by atoms with E-state index < -0.39 is 41.3 Å². The van der Waals surface area contributed by atoms with E-state index in [1.54, 1.807) is 0 Å². The molecule has 0 bridgehead atoms. The molecule has 1 aliphatic rings. The molecule has 13 heteroatoms. The van der Waals surface area contributed by atoms with Crippen molar-refractivity contribution in [3.05, 3.63) is 70.3 Å². The van der Waals surface area contributed by atoms with Gasteiger partial charge < -0.3 is 10.4 Å². The van der Waals surface area contributed by atoms with Gasteiger partial charge in [0.05, 0.1) is 33.5 Å². The van der Waals surface area contributed by atoms with Crippen molar-refractivity contribution in [1.82, 2.24) is 25.5 Å². The third kappa shape index (κ3) is 5.13. The number of carbonyl (C=O) groups excluding carboxylic acids is 1. The van der Waals surface area contributed by atoms with Gasteiger partial charge in [0.15, 0.2) is 0 Å². The lowest BCUT2D eigenvalue weighted by Gasteiger charge is -2.41. The molecule has 0 aliphatic heterocycles. The monoisotopic (exact) mass is 515 g/mol. The molecule has 7 nitrogen and oxygen atoms in total. The summed E-state index contributed by atoms with van der Waals surface area (Å²) < 4.78 is 68.9. The molecule has 2 aromatic carbocycles. The van der Waals surface area contributed by atoms with Gasteiger partial charge in [0.1, 0.15) is 18.3 Å². The minimum atomic E-state index is -4.70. The van der Waals surface area contributed by atoms with E-state index in [4.69, 9.17) is 11.6 Å². The zero-order chi connectivity index (χ0) is 25.4. The highest BCUT2D eigenvalue weighted by atomic mass is 35.5. The lowest BCUT2D eigenvalue weighted by atomic mass is 9.76. The van der Waals surface area contributed by atoms with Crippen LogP contribution in [0.1, 0.15) is 53.2 Å². The first-order chi connectivity index (χ1) is 16.5. The molecule has 1 fully saturated rings. The van der Waals surface area contributed by atoms with Crippen LogP contribution >= 0.6 is 11.6 Å². The van der Waals surface area contributed by atoms with Gasteiger partial charge in [0.2, 0.25) is 0 Å². The highest BCUT2D eigenvalue weighted by molar-refractivity contribution is 6.31. The summed E-state index contributed by atoms with van der Waals surface area (Å²) in [4.78, 5) is 13.4. The number of hydrogen-bond acceptors (Lipinski definition) is 5. The third-order valence-electron chi connectivity index (χ3n) is 6.05. The van der Waals surface area contributed by atoms with E-state index in [0.29, 0.717) is 6.07 Å². The first-order valence-corrected chi connectivity index (χ1v) is 10.9. The van der Waals surface area contributed by atoms with Crippen LogP contribution in [0.15, 0.2) is 42.7 Å². The van der Waals surface area contributed by atoms with Crippen LogP contribution in [0.5, 0.6) is 0 Å². The standard InChI is InChI=1S/C22H19ClF5N5O2/c23-18-15(2-1-3-16(18)25)19(21(35)8-6-13(24)7-9-21)30-20(34)14-5-4-12(22(26,27)28)10-17(14)33-11-29-31-32-33/h1-5,10-11,13,19,35H,6-9H2,(H,30,34). The fraction of sp³-hybridized carbons (Fsp3) is 0.364. The van der Waals surface area contributed by atoms with E-state index in [0.717, 1.165) is 29.2 Å². The second-order valence-electron chi connectivity index (χ2n) is 8.31. The zero-order valence-corrected chi connectivity index (χ0v) is 18.7. The van der Waals surface area contributed by atoms with Crippen LogP contribution in [0, 0.1) is 5.82 Å². The summed E-state index contributed by atoms with van der Waals surface area (Å²) in [6.07, 6.45) is -4.93. The maximum atomic E-state index is 14.2. The van der Waals surface area contributed by atoms with Crippen molar-refractivity contribution >= 4 is 17.5 Å². The van der Waals surface area contributed by atoms with Crippen molar-refractivity contribution in [2.45, 2.75) is 49.7 Å². The van der Waals surface area contributed by atoms with Crippen LogP contribution in [0.3, 0.4) is 0 Å². The summed E-state index contributed by atoms with van der Waals surface area (Å²) in [5.41, 5.74) is -3.19. The molecule has 1 unspecified atom stereocenters. The van der Waals surface area contributed by atoms with Gasteiger partial charge in [0, 0.05) is 0 Å². The van der Waals surface area contributed by atoms with Gasteiger partial charge in [-0.05, 0) is 65.9 Å². The average Bonchev–Trinajstić information content (AvgIpc) is 3.35. The van der Waals surface area contributed by atoms with Gasteiger partial charge in [-0.25, -0.2) is 8.78 Å². The molecule has 1 amide bonds. The Morgan fingerprint density at radius 2 is 1.94 bits per heavy atom. The molecule has 1 saturated carbocycles. The summed E-state index contributed by atoms with van der Waals surface area (Å²) in [7, 11) is 0. The maximum Gasteiger partial charge on any atom is 0.416 e. The second kappa shape index (κ2) is 9.50. The Bertz CT molecular complexity index is 1210. The molecule has 0 spiro atoms. The van der Waals surface area contributed by atoms with Gasteiger partial charge in [-0.1, -0.05) is 23.7 Å². The number of amides is 1. The summed E-state index contributed by atoms with van der Waals surface area (Å²) >= 11 is 6.14. The number of nitrogens with zero attached hydrogens (tertiary/aromatic N) is 4. The molecular formula is C22H19ClF5N5O2. The van der Waals surface area contributed by atoms with Crippen molar-refractivity contribution in [3.8, 4) is 5.69 Å². The molecule has 0 radical (unpaired) electrons. The fourth-order valence-electron chi connectivity index (χ4n) is 4.19. The molecule has 0 saturated heterocycles. The molecule has 1 heterocycles. The van der Waals surface area contributed by atoms with Crippen LogP contribution in [0.4, 0.5) is 22.0 Å². The quantitative estimate of drug-likeness (QED) is 0.485. The lowest BCUT2D eigenvalue weighted by molar-refractivity contribution is -0.137. The van der Waals surface area contributed by atoms with E-state index in [2.05, 4.69) is 20.8 Å². The fourth-order valence-corrected chi connectivity index (χ4v) is 4.42. The highest BCUT2D eigenvalue weighted by Crippen LogP contribution is 2.42. The van der Waals surface area contributed by atoms with Gasteiger partial charge >= 0.3 is 6.18 Å². The number of tetrazole rings is 1. The normalized spacial score (nSPS) is 21.5. The number of aromatic nitrogens is 4. The van der Waals surface area contributed by atoms with E-state index in [9.17, 15) is 31.9 Å². The molecule has 186 valence electrons. The number of rotatable bonds is 5. The van der Waals surface area contributed by atoms with E-state index in [-0.39, 0.29) is 47.5 Å². The van der Waals surface area contributed by atoms with Crippen LogP contribution in [-0.2, 0) is 6.18 Å². The van der Waals surface area contributed by atoms with Crippen molar-refractivity contribution in [2.24, 2.45) is 0 Å². The van der Waals surface area contributed by atoms with Gasteiger partial charge in [-0.3, -0.25) is 4.79 Å². The molecule has 2 N–H and O–H groups in total. The van der Waals surface area contributed by atoms with Gasteiger partial charge in [-0.2, -0.15) is 17.9 Å². The number of aliphatic hydroxyl groups is 1. The molecule has 4 rings (SSSR count). The largest absolute Gasteiger partial charge is 0.416 e. The number of alkyl halides is 4. The first-order valence-electron chi connectivity index (χ1n) is 10.6. The Morgan fingerprint density at radius 1 is 1.23 bits per heavy atom. The highest BCUT2D eigenvalue weighted by Gasteiger charge is 2.43. The van der Waals surface area contributed by atoms with E-state index in [1.165, 1.54) is 12.1 Å². The molecule has 3 aromatic rings. The van der Waals surface area contributed by atoms with Crippen LogP contribution < -0.4 is 5.32 Å². The second-order valence-corrected chi connectivity index (χ2v) is 8.69. The van der Waals surface area contributed by atoms with Crippen molar-refractivity contribution in [1.29, 1.82) is 0 Å². The number of nitrogens with one attached hydrogen (secondary N) is 1. The smallest absolute Gasteiger partial charge is 0.387 e. The van der Waals surface area contributed by atoms with Crippen LogP contribution in [-0.4, -0.2) is 43.0 Å². The predicted octanol–water partition coefficient (Wildman–Crippen LogP) is 4.59. The Kier molecular flexibility index (Phi) is 6.78. The number of carbonyl (C=O) groups is 1. The Morgan fingerprint density at radius 3 is 2.57 bits per heavy atom.